The van der Waals surface area contributed by atoms with Crippen molar-refractivity contribution in [1.29, 1.82) is 0 Å². The van der Waals surface area contributed by atoms with Crippen LogP contribution in [0, 0.1) is 5.41 Å². The second-order valence-corrected chi connectivity index (χ2v) is 6.79. The number of alkyl halides is 3. The Morgan fingerprint density at radius 1 is 1.15 bits per heavy atom. The molecule has 0 saturated carbocycles. The monoisotopic (exact) mass is 383 g/mol. The van der Waals surface area contributed by atoms with Gasteiger partial charge in [0.15, 0.2) is 5.69 Å². The summed E-state index contributed by atoms with van der Waals surface area (Å²) in [5.41, 5.74) is -1.96. The van der Waals surface area contributed by atoms with Gasteiger partial charge in [-0.2, -0.15) is 18.3 Å². The number of hydrogen-bond donors (Lipinski definition) is 1. The average Bonchev–Trinajstić information content (AvgIpc) is 3.00. The average molecular weight is 383 g/mol. The van der Waals surface area contributed by atoms with Gasteiger partial charge in [0, 0.05) is 11.1 Å². The van der Waals surface area contributed by atoms with Gasteiger partial charge in [0.05, 0.1) is 18.5 Å². The standard InChI is InChI=1S/C18H20F3N3O3/c1-5-27-15(25)13-10-22-24(14(13)18(19,20)21)12-8-6-11(7-9-12)23-16(26)17(2,3)4/h6-10H,5H2,1-4H3,(H,23,26). The molecule has 0 fully saturated rings. The van der Waals surface area contributed by atoms with Crippen LogP contribution in [-0.2, 0) is 15.7 Å². The first kappa shape index (κ1) is 20.5. The molecule has 0 saturated heterocycles. The SMILES string of the molecule is CCOC(=O)c1cnn(-c2ccc(NC(=O)C(C)(C)C)cc2)c1C(F)(F)F. The highest BCUT2D eigenvalue weighted by molar-refractivity contribution is 5.94. The van der Waals surface area contributed by atoms with Gasteiger partial charge < -0.3 is 10.1 Å². The Morgan fingerprint density at radius 3 is 2.22 bits per heavy atom. The first-order chi connectivity index (χ1) is 12.4. The molecule has 2 aromatic rings. The molecule has 2 rings (SSSR count). The van der Waals surface area contributed by atoms with Crippen LogP contribution in [0.2, 0.25) is 0 Å². The quantitative estimate of drug-likeness (QED) is 0.809. The highest BCUT2D eigenvalue weighted by atomic mass is 19.4. The number of benzene rings is 1. The maximum absolute atomic E-state index is 13.5. The van der Waals surface area contributed by atoms with Crippen molar-refractivity contribution in [3.05, 3.63) is 41.7 Å². The first-order valence-corrected chi connectivity index (χ1v) is 8.19. The Bertz CT molecular complexity index is 834. The summed E-state index contributed by atoms with van der Waals surface area (Å²) in [5, 5.41) is 6.38. The molecule has 1 aromatic carbocycles. The molecule has 27 heavy (non-hydrogen) atoms. The number of amides is 1. The molecule has 146 valence electrons. The second-order valence-electron chi connectivity index (χ2n) is 6.79. The van der Waals surface area contributed by atoms with Crippen molar-refractivity contribution in [3.8, 4) is 5.69 Å². The molecule has 0 aliphatic rings. The van der Waals surface area contributed by atoms with E-state index in [1.807, 2.05) is 0 Å². The van der Waals surface area contributed by atoms with Crippen molar-refractivity contribution in [2.24, 2.45) is 5.41 Å². The summed E-state index contributed by atoms with van der Waals surface area (Å²) >= 11 is 0. The summed E-state index contributed by atoms with van der Waals surface area (Å²) in [7, 11) is 0. The lowest BCUT2D eigenvalue weighted by Gasteiger charge is -2.18. The Morgan fingerprint density at radius 2 is 1.74 bits per heavy atom. The minimum Gasteiger partial charge on any atom is -0.462 e. The van der Waals surface area contributed by atoms with Crippen molar-refractivity contribution in [3.63, 3.8) is 0 Å². The van der Waals surface area contributed by atoms with Gasteiger partial charge in [-0.15, -0.1) is 0 Å². The maximum atomic E-state index is 13.5. The van der Waals surface area contributed by atoms with Crippen molar-refractivity contribution < 1.29 is 27.5 Å². The van der Waals surface area contributed by atoms with Crippen LogP contribution in [-0.4, -0.2) is 28.3 Å². The van der Waals surface area contributed by atoms with Crippen LogP contribution in [0.5, 0.6) is 0 Å². The van der Waals surface area contributed by atoms with Gasteiger partial charge >= 0.3 is 12.1 Å². The van der Waals surface area contributed by atoms with Crippen molar-refractivity contribution in [2.75, 3.05) is 11.9 Å². The summed E-state index contributed by atoms with van der Waals surface area (Å²) < 4.78 is 45.8. The lowest BCUT2D eigenvalue weighted by Crippen LogP contribution is -2.27. The molecule has 1 aromatic heterocycles. The lowest BCUT2D eigenvalue weighted by molar-refractivity contribution is -0.143. The summed E-state index contributed by atoms with van der Waals surface area (Å²) in [4.78, 5) is 23.8. The molecule has 0 bridgehead atoms. The highest BCUT2D eigenvalue weighted by Gasteiger charge is 2.41. The molecule has 6 nitrogen and oxygen atoms in total. The Balaban J connectivity index is 2.38. The number of aromatic nitrogens is 2. The van der Waals surface area contributed by atoms with E-state index in [0.29, 0.717) is 10.4 Å². The molecule has 0 spiro atoms. The molecule has 1 heterocycles. The van der Waals surface area contributed by atoms with Crippen LogP contribution in [0.3, 0.4) is 0 Å². The summed E-state index contributed by atoms with van der Waals surface area (Å²) in [6, 6.07) is 5.67. The van der Waals surface area contributed by atoms with Gasteiger partial charge in [0.1, 0.15) is 5.56 Å². The molecular weight excluding hydrogens is 363 g/mol. The maximum Gasteiger partial charge on any atom is 0.434 e. The topological polar surface area (TPSA) is 73.2 Å². The molecule has 0 aliphatic carbocycles. The highest BCUT2D eigenvalue weighted by Crippen LogP contribution is 2.34. The number of anilines is 1. The van der Waals surface area contributed by atoms with Gasteiger partial charge in [0.25, 0.3) is 0 Å². The van der Waals surface area contributed by atoms with E-state index in [1.54, 1.807) is 20.8 Å². The van der Waals surface area contributed by atoms with E-state index in [0.717, 1.165) is 6.20 Å². The number of halogens is 3. The van der Waals surface area contributed by atoms with Gasteiger partial charge in [-0.25, -0.2) is 9.48 Å². The number of carbonyl (C=O) groups excluding carboxylic acids is 2. The van der Waals surface area contributed by atoms with Crippen LogP contribution in [0.4, 0.5) is 18.9 Å². The molecular formula is C18H20F3N3O3. The van der Waals surface area contributed by atoms with Crippen molar-refractivity contribution in [1.82, 2.24) is 9.78 Å². The first-order valence-electron chi connectivity index (χ1n) is 8.19. The smallest absolute Gasteiger partial charge is 0.434 e. The van der Waals surface area contributed by atoms with Crippen LogP contribution < -0.4 is 5.32 Å². The van der Waals surface area contributed by atoms with E-state index >= 15 is 0 Å². The van der Waals surface area contributed by atoms with E-state index in [1.165, 1.54) is 31.2 Å². The molecule has 0 aliphatic heterocycles. The fourth-order valence-corrected chi connectivity index (χ4v) is 2.18. The fraction of sp³-hybridized carbons (Fsp3) is 0.389. The van der Waals surface area contributed by atoms with Gasteiger partial charge in [-0.3, -0.25) is 4.79 Å². The van der Waals surface area contributed by atoms with E-state index in [9.17, 15) is 22.8 Å². The lowest BCUT2D eigenvalue weighted by atomic mass is 9.95. The molecule has 0 unspecified atom stereocenters. The molecule has 1 N–H and O–H groups in total. The number of rotatable bonds is 4. The number of ether oxygens (including phenoxy) is 1. The van der Waals surface area contributed by atoms with E-state index in [-0.39, 0.29) is 18.2 Å². The Hall–Kier alpha value is -2.84. The minimum absolute atomic E-state index is 0.0521. The number of carbonyl (C=O) groups is 2. The van der Waals surface area contributed by atoms with E-state index in [2.05, 4.69) is 15.2 Å². The van der Waals surface area contributed by atoms with Crippen LogP contribution in [0.25, 0.3) is 5.69 Å². The molecule has 9 heteroatoms. The number of nitrogens with zero attached hydrogens (tertiary/aromatic N) is 2. The zero-order valence-electron chi connectivity index (χ0n) is 15.3. The number of esters is 1. The Labute approximate surface area is 154 Å². The number of nitrogens with one attached hydrogen (secondary N) is 1. The summed E-state index contributed by atoms with van der Waals surface area (Å²) in [6.45, 7) is 6.68. The van der Waals surface area contributed by atoms with E-state index in [4.69, 9.17) is 0 Å². The van der Waals surface area contributed by atoms with Crippen molar-refractivity contribution >= 4 is 17.6 Å². The summed E-state index contributed by atoms with van der Waals surface area (Å²) in [5.74, 6) is -1.32. The predicted octanol–water partition coefficient (Wildman–Crippen LogP) is 4.05. The third kappa shape index (κ3) is 4.66. The van der Waals surface area contributed by atoms with Gasteiger partial charge in [0.2, 0.25) is 5.91 Å². The fourth-order valence-electron chi connectivity index (χ4n) is 2.18. The van der Waals surface area contributed by atoms with Crippen molar-refractivity contribution in [2.45, 2.75) is 33.9 Å². The zero-order valence-corrected chi connectivity index (χ0v) is 15.3. The second kappa shape index (κ2) is 7.42. The third-order valence-corrected chi connectivity index (χ3v) is 3.58. The normalized spacial score (nSPS) is 12.0. The number of hydrogen-bond acceptors (Lipinski definition) is 4. The molecule has 0 radical (unpaired) electrons. The van der Waals surface area contributed by atoms with Gasteiger partial charge in [-0.1, -0.05) is 20.8 Å². The van der Waals surface area contributed by atoms with Crippen LogP contribution >= 0.6 is 0 Å². The summed E-state index contributed by atoms with van der Waals surface area (Å²) in [6.07, 6.45) is -3.98. The third-order valence-electron chi connectivity index (χ3n) is 3.58. The van der Waals surface area contributed by atoms with Crippen LogP contribution in [0.15, 0.2) is 30.5 Å². The Kier molecular flexibility index (Phi) is 5.62. The van der Waals surface area contributed by atoms with Crippen LogP contribution in [0.1, 0.15) is 43.7 Å². The molecule has 1 amide bonds. The predicted molar refractivity (Wildman–Crippen MR) is 92.6 cm³/mol. The largest absolute Gasteiger partial charge is 0.462 e. The van der Waals surface area contributed by atoms with E-state index < -0.39 is 28.8 Å². The zero-order chi connectivity index (χ0) is 20.4. The minimum atomic E-state index is -4.81. The molecule has 0 atom stereocenters. The van der Waals surface area contributed by atoms with Gasteiger partial charge in [-0.05, 0) is 31.2 Å².